The minimum atomic E-state index is -0.474. The molecule has 2 heterocycles. The lowest BCUT2D eigenvalue weighted by atomic mass is 10.2. The Kier molecular flexibility index (Phi) is 4.72. The van der Waals surface area contributed by atoms with Crippen molar-refractivity contribution in [3.05, 3.63) is 46.5 Å². The van der Waals surface area contributed by atoms with Crippen molar-refractivity contribution in [2.75, 3.05) is 17.0 Å². The smallest absolute Gasteiger partial charge is 0.299 e. The van der Waals surface area contributed by atoms with Crippen molar-refractivity contribution in [3.63, 3.8) is 0 Å². The Labute approximate surface area is 128 Å². The lowest BCUT2D eigenvalue weighted by Crippen LogP contribution is -2.31. The molecule has 0 aliphatic rings. The summed E-state index contributed by atoms with van der Waals surface area (Å²) in [6, 6.07) is 3.15. The van der Waals surface area contributed by atoms with Crippen LogP contribution in [-0.2, 0) is 6.42 Å². The molecule has 1 radical (unpaired) electrons. The zero-order valence-corrected chi connectivity index (χ0v) is 12.4. The number of rotatable bonds is 6. The molecule has 0 fully saturated rings. The molecule has 0 saturated carbocycles. The highest BCUT2D eigenvalue weighted by molar-refractivity contribution is 5.71. The molecule has 2 aromatic rings. The first-order chi connectivity index (χ1) is 10.6. The van der Waals surface area contributed by atoms with Gasteiger partial charge in [-0.15, -0.1) is 0 Å². The van der Waals surface area contributed by atoms with Gasteiger partial charge in [0.2, 0.25) is 0 Å². The molecular formula is C14H17N6O2. The maximum absolute atomic E-state index is 11.1. The van der Waals surface area contributed by atoms with Crippen molar-refractivity contribution in [1.29, 1.82) is 0 Å². The van der Waals surface area contributed by atoms with Crippen molar-refractivity contribution in [1.82, 2.24) is 15.7 Å². The van der Waals surface area contributed by atoms with Crippen LogP contribution >= 0.6 is 0 Å². The summed E-state index contributed by atoms with van der Waals surface area (Å²) < 4.78 is 0. The van der Waals surface area contributed by atoms with Gasteiger partial charge in [-0.05, 0) is 25.5 Å². The molecule has 8 nitrogen and oxygen atoms in total. The number of hydrazine groups is 1. The summed E-state index contributed by atoms with van der Waals surface area (Å²) in [5.41, 5.74) is 13.0. The van der Waals surface area contributed by atoms with Crippen LogP contribution in [0.2, 0.25) is 0 Å². The van der Waals surface area contributed by atoms with E-state index in [1.54, 1.807) is 23.3 Å². The lowest BCUT2D eigenvalue weighted by Gasteiger charge is -2.26. The topological polar surface area (TPSA) is 108 Å². The highest BCUT2D eigenvalue weighted by Crippen LogP contribution is 2.30. The second-order valence-corrected chi connectivity index (χ2v) is 4.51. The fraction of sp³-hybridized carbons (Fsp3) is 0.286. The second-order valence-electron chi connectivity index (χ2n) is 4.51. The van der Waals surface area contributed by atoms with Crippen LogP contribution in [0, 0.1) is 10.1 Å². The van der Waals surface area contributed by atoms with E-state index in [1.165, 1.54) is 12.4 Å². The minimum absolute atomic E-state index is 0.0923. The molecule has 115 valence electrons. The molecule has 0 aliphatic heterocycles. The van der Waals surface area contributed by atoms with Crippen LogP contribution in [0.25, 0.3) is 0 Å². The average Bonchev–Trinajstić information content (AvgIpc) is 2.53. The minimum Gasteiger partial charge on any atom is -0.299 e. The van der Waals surface area contributed by atoms with E-state index >= 15 is 0 Å². The van der Waals surface area contributed by atoms with Crippen LogP contribution in [0.15, 0.2) is 30.7 Å². The Hall–Kier alpha value is -2.90. The third-order valence-corrected chi connectivity index (χ3v) is 3.19. The third-order valence-electron chi connectivity index (χ3n) is 3.19. The molecule has 0 bridgehead atoms. The van der Waals surface area contributed by atoms with Gasteiger partial charge in [0.25, 0.3) is 0 Å². The monoisotopic (exact) mass is 301 g/mol. The van der Waals surface area contributed by atoms with Gasteiger partial charge in [-0.1, -0.05) is 6.92 Å². The van der Waals surface area contributed by atoms with Crippen LogP contribution in [0.4, 0.5) is 22.7 Å². The van der Waals surface area contributed by atoms with Crippen LogP contribution < -0.4 is 16.2 Å². The number of aromatic nitrogens is 2. The Bertz CT molecular complexity index is 676. The molecule has 0 aromatic carbocycles. The largest absolute Gasteiger partial charge is 0.312 e. The van der Waals surface area contributed by atoms with Gasteiger partial charge < -0.3 is 0 Å². The molecule has 2 rings (SSSR count). The molecule has 0 aliphatic carbocycles. The van der Waals surface area contributed by atoms with E-state index in [1.807, 2.05) is 13.8 Å². The van der Waals surface area contributed by atoms with Crippen molar-refractivity contribution in [2.45, 2.75) is 20.3 Å². The molecule has 0 atom stereocenters. The molecule has 0 saturated heterocycles. The van der Waals surface area contributed by atoms with Gasteiger partial charge in [0.15, 0.2) is 0 Å². The average molecular weight is 301 g/mol. The number of anilines is 2. The van der Waals surface area contributed by atoms with Gasteiger partial charge in [-0.3, -0.25) is 36.3 Å². The highest BCUT2D eigenvalue weighted by Gasteiger charge is 2.20. The van der Waals surface area contributed by atoms with E-state index in [2.05, 4.69) is 15.4 Å². The predicted octanol–water partition coefficient (Wildman–Crippen LogP) is 2.72. The SMILES string of the molecule is CCc1nccc([NH])c1NN(CC)c1ccncc1[N+](=O)[O-]. The number of aryl methyl sites for hydroxylation is 1. The van der Waals surface area contributed by atoms with Crippen molar-refractivity contribution in [3.8, 4) is 0 Å². The summed E-state index contributed by atoms with van der Waals surface area (Å²) in [5.74, 6) is 0. The van der Waals surface area contributed by atoms with Crippen LogP contribution in [0.5, 0.6) is 0 Å². The summed E-state index contributed by atoms with van der Waals surface area (Å²) in [7, 11) is 0. The quantitative estimate of drug-likeness (QED) is 0.649. The molecule has 2 N–H and O–H groups in total. The Morgan fingerprint density at radius 2 is 2.14 bits per heavy atom. The van der Waals surface area contributed by atoms with Crippen LogP contribution in [0.1, 0.15) is 19.5 Å². The predicted molar refractivity (Wildman–Crippen MR) is 83.9 cm³/mol. The number of nitrogens with one attached hydrogen (secondary N) is 2. The zero-order valence-electron chi connectivity index (χ0n) is 12.4. The Balaban J connectivity index is 2.41. The summed E-state index contributed by atoms with van der Waals surface area (Å²) in [5, 5.41) is 12.8. The van der Waals surface area contributed by atoms with Crippen LogP contribution in [-0.4, -0.2) is 21.4 Å². The lowest BCUT2D eigenvalue weighted by molar-refractivity contribution is -0.384. The maximum Gasteiger partial charge on any atom is 0.312 e. The van der Waals surface area contributed by atoms with Crippen molar-refractivity contribution in [2.24, 2.45) is 0 Å². The van der Waals surface area contributed by atoms with Gasteiger partial charge >= 0.3 is 5.69 Å². The number of nitro groups is 1. The summed E-state index contributed by atoms with van der Waals surface area (Å²) in [4.78, 5) is 18.7. The van der Waals surface area contributed by atoms with Gasteiger partial charge in [-0.25, -0.2) is 0 Å². The zero-order chi connectivity index (χ0) is 16.1. The fourth-order valence-electron chi connectivity index (χ4n) is 2.09. The Morgan fingerprint density at radius 1 is 1.36 bits per heavy atom. The first-order valence-electron chi connectivity index (χ1n) is 6.90. The molecule has 8 heteroatoms. The molecule has 0 spiro atoms. The number of pyridine rings is 2. The fourth-order valence-corrected chi connectivity index (χ4v) is 2.09. The number of hydrogen-bond donors (Lipinski definition) is 1. The van der Waals surface area contributed by atoms with Gasteiger partial charge in [0.05, 0.1) is 16.3 Å². The second kappa shape index (κ2) is 6.70. The molecule has 0 amide bonds. The van der Waals surface area contributed by atoms with E-state index < -0.39 is 4.92 Å². The first-order valence-corrected chi connectivity index (χ1v) is 6.90. The van der Waals surface area contributed by atoms with Gasteiger partial charge in [0.1, 0.15) is 17.6 Å². The van der Waals surface area contributed by atoms with E-state index in [0.717, 1.165) is 5.69 Å². The van der Waals surface area contributed by atoms with Crippen molar-refractivity contribution < 1.29 is 4.92 Å². The first kappa shape index (κ1) is 15.5. The third kappa shape index (κ3) is 3.05. The van der Waals surface area contributed by atoms with E-state index in [4.69, 9.17) is 5.73 Å². The standard InChI is InChI=1S/C14H17N6O2/c1-3-11-14(10(15)5-8-17-11)18-19(4-2)12-6-7-16-9-13(12)20(21)22/h5-9,15,18H,3-4H2,1-2H3. The molecule has 22 heavy (non-hydrogen) atoms. The summed E-state index contributed by atoms with van der Waals surface area (Å²) in [6.45, 7) is 4.28. The van der Waals surface area contributed by atoms with E-state index in [-0.39, 0.29) is 5.69 Å². The van der Waals surface area contributed by atoms with E-state index in [9.17, 15) is 10.1 Å². The highest BCUT2D eigenvalue weighted by atomic mass is 16.6. The Morgan fingerprint density at radius 3 is 2.77 bits per heavy atom. The maximum atomic E-state index is 11.1. The van der Waals surface area contributed by atoms with E-state index in [0.29, 0.717) is 30.0 Å². The molecular weight excluding hydrogens is 284 g/mol. The van der Waals surface area contributed by atoms with Crippen LogP contribution in [0.3, 0.4) is 0 Å². The summed E-state index contributed by atoms with van der Waals surface area (Å²) in [6.07, 6.45) is 4.95. The van der Waals surface area contributed by atoms with Gasteiger partial charge in [0, 0.05) is 18.9 Å². The van der Waals surface area contributed by atoms with Crippen molar-refractivity contribution >= 4 is 22.7 Å². The molecule has 2 aromatic heterocycles. The number of hydrogen-bond acceptors (Lipinski definition) is 6. The number of nitrogens with zero attached hydrogens (tertiary/aromatic N) is 4. The van der Waals surface area contributed by atoms with Gasteiger partial charge in [-0.2, -0.15) is 0 Å². The molecule has 0 unspecified atom stereocenters. The normalized spacial score (nSPS) is 10.3. The summed E-state index contributed by atoms with van der Waals surface area (Å²) >= 11 is 0.